The van der Waals surface area contributed by atoms with Crippen molar-refractivity contribution in [3.05, 3.63) is 40.4 Å². The summed E-state index contributed by atoms with van der Waals surface area (Å²) in [6, 6.07) is 6.13. The summed E-state index contributed by atoms with van der Waals surface area (Å²) in [6.07, 6.45) is -0.621. The smallest absolute Gasteiger partial charge is 0.263 e. The predicted molar refractivity (Wildman–Crippen MR) is 79.5 cm³/mol. The first-order chi connectivity index (χ1) is 9.29. The van der Waals surface area contributed by atoms with E-state index < -0.39 is 16.1 Å². The number of sulfonamides is 1. The van der Waals surface area contributed by atoms with Crippen LogP contribution < -0.4 is 4.72 Å². The molecule has 7 heteroatoms. The van der Waals surface area contributed by atoms with Gasteiger partial charge in [0.1, 0.15) is 0 Å². The lowest BCUT2D eigenvalue weighted by atomic mass is 10.1. The molecular weight excluding hydrogens is 296 g/mol. The number of thiazole rings is 1. The zero-order valence-corrected chi connectivity index (χ0v) is 13.0. The van der Waals surface area contributed by atoms with Crippen molar-refractivity contribution in [2.45, 2.75) is 31.8 Å². The molecular formula is C13H16N2O3S2. The summed E-state index contributed by atoms with van der Waals surface area (Å²) >= 11 is 1.30. The van der Waals surface area contributed by atoms with Gasteiger partial charge in [0.15, 0.2) is 5.13 Å². The Labute approximate surface area is 122 Å². The Balaban J connectivity index is 2.26. The second-order valence-electron chi connectivity index (χ2n) is 4.51. The standard InChI is InChI=1S/C13H16N2O3S2/c1-8-10(3)19-13(14-8)15-20(17,18)12-6-4-11(5-7-12)9(2)16/h4-7,9,16H,1-3H3,(H,14,15). The van der Waals surface area contributed by atoms with Crippen molar-refractivity contribution in [2.24, 2.45) is 0 Å². The minimum absolute atomic E-state index is 0.146. The molecule has 0 aliphatic carbocycles. The van der Waals surface area contributed by atoms with Crippen molar-refractivity contribution in [3.63, 3.8) is 0 Å². The van der Waals surface area contributed by atoms with E-state index in [1.165, 1.54) is 23.5 Å². The fourth-order valence-corrected chi connectivity index (χ4v) is 3.67. The van der Waals surface area contributed by atoms with Gasteiger partial charge in [-0.05, 0) is 38.5 Å². The number of aliphatic hydroxyl groups is 1. The van der Waals surface area contributed by atoms with Crippen LogP contribution in [0.5, 0.6) is 0 Å². The SMILES string of the molecule is Cc1nc(NS(=O)(=O)c2ccc(C(C)O)cc2)sc1C. The van der Waals surface area contributed by atoms with Gasteiger partial charge in [0, 0.05) is 4.88 Å². The number of aryl methyl sites for hydroxylation is 2. The molecule has 5 nitrogen and oxygen atoms in total. The van der Waals surface area contributed by atoms with Crippen LogP contribution in [0.3, 0.4) is 0 Å². The van der Waals surface area contributed by atoms with Gasteiger partial charge in [-0.25, -0.2) is 13.4 Å². The first kappa shape index (κ1) is 15.0. The fraction of sp³-hybridized carbons (Fsp3) is 0.308. The van der Waals surface area contributed by atoms with Gasteiger partial charge in [-0.3, -0.25) is 4.72 Å². The molecule has 1 heterocycles. The molecule has 0 saturated carbocycles. The molecule has 0 saturated heterocycles. The van der Waals surface area contributed by atoms with Gasteiger partial charge in [-0.15, -0.1) is 11.3 Å². The summed E-state index contributed by atoms with van der Waals surface area (Å²) in [5, 5.41) is 9.77. The molecule has 0 bridgehead atoms. The molecule has 108 valence electrons. The average molecular weight is 312 g/mol. The van der Waals surface area contributed by atoms with E-state index in [9.17, 15) is 13.5 Å². The molecule has 1 aromatic carbocycles. The highest BCUT2D eigenvalue weighted by molar-refractivity contribution is 7.93. The van der Waals surface area contributed by atoms with E-state index >= 15 is 0 Å². The van der Waals surface area contributed by atoms with Gasteiger partial charge in [-0.1, -0.05) is 12.1 Å². The van der Waals surface area contributed by atoms with Gasteiger partial charge < -0.3 is 5.11 Å². The first-order valence-corrected chi connectivity index (χ1v) is 8.34. The number of nitrogens with one attached hydrogen (secondary N) is 1. The zero-order valence-electron chi connectivity index (χ0n) is 11.4. The Kier molecular flexibility index (Phi) is 4.12. The highest BCUT2D eigenvalue weighted by atomic mass is 32.2. The molecule has 0 amide bonds. The molecule has 2 aromatic rings. The summed E-state index contributed by atoms with van der Waals surface area (Å²) < 4.78 is 26.9. The summed E-state index contributed by atoms with van der Waals surface area (Å²) in [7, 11) is -3.64. The third-order valence-corrected chi connectivity index (χ3v) is 5.40. The van der Waals surface area contributed by atoms with Crippen LogP contribution in [-0.4, -0.2) is 18.5 Å². The summed E-state index contributed by atoms with van der Waals surface area (Å²) in [6.45, 7) is 5.35. The highest BCUT2D eigenvalue weighted by Gasteiger charge is 2.17. The lowest BCUT2D eigenvalue weighted by Gasteiger charge is -2.07. The lowest BCUT2D eigenvalue weighted by Crippen LogP contribution is -2.12. The number of benzene rings is 1. The molecule has 0 radical (unpaired) electrons. The van der Waals surface area contributed by atoms with Crippen molar-refractivity contribution in [3.8, 4) is 0 Å². The second-order valence-corrected chi connectivity index (χ2v) is 7.40. The maximum Gasteiger partial charge on any atom is 0.263 e. The van der Waals surface area contributed by atoms with Crippen LogP contribution in [-0.2, 0) is 10.0 Å². The molecule has 2 N–H and O–H groups in total. The van der Waals surface area contributed by atoms with Gasteiger partial charge in [0.25, 0.3) is 10.0 Å². The summed E-state index contributed by atoms with van der Waals surface area (Å²) in [4.78, 5) is 5.28. The molecule has 1 aromatic heterocycles. The molecule has 1 unspecified atom stereocenters. The van der Waals surface area contributed by atoms with Crippen LogP contribution in [0.15, 0.2) is 29.2 Å². The molecule has 20 heavy (non-hydrogen) atoms. The number of anilines is 1. The van der Waals surface area contributed by atoms with Crippen molar-refractivity contribution >= 4 is 26.5 Å². The fourth-order valence-electron chi connectivity index (χ4n) is 1.62. The molecule has 0 fully saturated rings. The van der Waals surface area contributed by atoms with Crippen molar-refractivity contribution in [2.75, 3.05) is 4.72 Å². The van der Waals surface area contributed by atoms with E-state index in [-0.39, 0.29) is 4.90 Å². The molecule has 0 aliphatic rings. The minimum Gasteiger partial charge on any atom is -0.389 e. The minimum atomic E-state index is -3.64. The second kappa shape index (κ2) is 5.51. The van der Waals surface area contributed by atoms with E-state index in [1.807, 2.05) is 13.8 Å². The maximum atomic E-state index is 12.2. The number of hydrogen-bond donors (Lipinski definition) is 2. The van der Waals surface area contributed by atoms with E-state index in [0.29, 0.717) is 10.7 Å². The van der Waals surface area contributed by atoms with E-state index in [0.717, 1.165) is 10.6 Å². The van der Waals surface area contributed by atoms with Gasteiger partial charge >= 0.3 is 0 Å². The quantitative estimate of drug-likeness (QED) is 0.909. The number of rotatable bonds is 4. The maximum absolute atomic E-state index is 12.2. The normalized spacial score (nSPS) is 13.2. The Hall–Kier alpha value is -1.44. The zero-order chi connectivity index (χ0) is 14.9. The molecule has 0 spiro atoms. The molecule has 2 rings (SSSR count). The van der Waals surface area contributed by atoms with Gasteiger partial charge in [0.05, 0.1) is 16.7 Å². The van der Waals surface area contributed by atoms with Crippen LogP contribution in [0.4, 0.5) is 5.13 Å². The van der Waals surface area contributed by atoms with Crippen molar-refractivity contribution in [1.82, 2.24) is 4.98 Å². The lowest BCUT2D eigenvalue weighted by molar-refractivity contribution is 0.199. The number of aromatic nitrogens is 1. The predicted octanol–water partition coefficient (Wildman–Crippen LogP) is 2.61. The van der Waals surface area contributed by atoms with E-state index in [2.05, 4.69) is 9.71 Å². The average Bonchev–Trinajstić information content (AvgIpc) is 2.67. The summed E-state index contributed by atoms with van der Waals surface area (Å²) in [5.74, 6) is 0. The molecule has 0 aliphatic heterocycles. The number of hydrogen-bond acceptors (Lipinski definition) is 5. The van der Waals surface area contributed by atoms with Crippen molar-refractivity contribution in [1.29, 1.82) is 0 Å². The van der Waals surface area contributed by atoms with Crippen LogP contribution in [0.25, 0.3) is 0 Å². The van der Waals surface area contributed by atoms with Crippen LogP contribution in [0.1, 0.15) is 29.2 Å². The van der Waals surface area contributed by atoms with Crippen LogP contribution >= 0.6 is 11.3 Å². The third kappa shape index (κ3) is 3.17. The Morgan fingerprint density at radius 2 is 1.85 bits per heavy atom. The third-order valence-electron chi connectivity index (χ3n) is 2.92. The Bertz CT molecular complexity index is 684. The summed E-state index contributed by atoms with van der Waals surface area (Å²) in [5.41, 5.74) is 1.49. The van der Waals surface area contributed by atoms with Gasteiger partial charge in [-0.2, -0.15) is 0 Å². The monoisotopic (exact) mass is 312 g/mol. The number of aliphatic hydroxyl groups excluding tert-OH is 1. The molecule has 1 atom stereocenters. The Morgan fingerprint density at radius 1 is 1.25 bits per heavy atom. The largest absolute Gasteiger partial charge is 0.389 e. The Morgan fingerprint density at radius 3 is 2.30 bits per heavy atom. The van der Waals surface area contributed by atoms with Crippen molar-refractivity contribution < 1.29 is 13.5 Å². The van der Waals surface area contributed by atoms with E-state index in [1.54, 1.807) is 19.1 Å². The topological polar surface area (TPSA) is 79.3 Å². The highest BCUT2D eigenvalue weighted by Crippen LogP contribution is 2.24. The van der Waals surface area contributed by atoms with Crippen LogP contribution in [0.2, 0.25) is 0 Å². The van der Waals surface area contributed by atoms with E-state index in [4.69, 9.17) is 0 Å². The van der Waals surface area contributed by atoms with Gasteiger partial charge in [0.2, 0.25) is 0 Å². The number of nitrogens with zero attached hydrogens (tertiary/aromatic N) is 1. The van der Waals surface area contributed by atoms with Crippen LogP contribution in [0, 0.1) is 13.8 Å². The first-order valence-electron chi connectivity index (χ1n) is 6.04.